The number of para-hydroxylation sites is 1. The van der Waals surface area contributed by atoms with Gasteiger partial charge >= 0.3 is 0 Å². The largest absolute Gasteiger partial charge is 0.455 e. The van der Waals surface area contributed by atoms with Crippen LogP contribution in [0.5, 0.6) is 11.5 Å². The minimum absolute atomic E-state index is 0.250. The van der Waals surface area contributed by atoms with Gasteiger partial charge in [-0.2, -0.15) is 0 Å². The van der Waals surface area contributed by atoms with Crippen molar-refractivity contribution in [2.24, 2.45) is 0 Å². The van der Waals surface area contributed by atoms with Crippen molar-refractivity contribution in [3.05, 3.63) is 54.4 Å². The molecule has 0 radical (unpaired) electrons. The first-order valence-corrected chi connectivity index (χ1v) is 7.34. The third-order valence-electron chi connectivity index (χ3n) is 3.86. The Morgan fingerprint density at radius 3 is 2.77 bits per heavy atom. The number of hydrogen-bond donors (Lipinski definition) is 2. The molecule has 0 unspecified atom stereocenters. The van der Waals surface area contributed by atoms with Crippen molar-refractivity contribution in [3.8, 4) is 11.5 Å². The summed E-state index contributed by atoms with van der Waals surface area (Å²) in [5.74, 6) is 0.786. The third-order valence-corrected chi connectivity index (χ3v) is 3.86. The number of nitrogens with zero attached hydrogens (tertiary/aromatic N) is 1. The number of ether oxygens (including phenoxy) is 1. The Balaban J connectivity index is 1.71. The molecule has 1 amide bonds. The van der Waals surface area contributed by atoms with Crippen molar-refractivity contribution in [2.45, 2.75) is 24.9 Å². The maximum absolute atomic E-state index is 12.3. The van der Waals surface area contributed by atoms with Crippen LogP contribution in [0.4, 0.5) is 0 Å². The Kier molecular flexibility index (Phi) is 4.06. The van der Waals surface area contributed by atoms with Crippen LogP contribution in [0, 0.1) is 0 Å². The summed E-state index contributed by atoms with van der Waals surface area (Å²) in [5.41, 5.74) is -0.302. The Morgan fingerprint density at radius 1 is 1.27 bits per heavy atom. The van der Waals surface area contributed by atoms with Crippen molar-refractivity contribution < 1.29 is 14.6 Å². The molecule has 1 aliphatic rings. The molecule has 1 heterocycles. The second-order valence-corrected chi connectivity index (χ2v) is 5.55. The summed E-state index contributed by atoms with van der Waals surface area (Å²) in [6.07, 6.45) is 5.73. The zero-order valence-corrected chi connectivity index (χ0v) is 12.2. The summed E-state index contributed by atoms with van der Waals surface area (Å²) in [6.45, 7) is 0.271. The number of pyridine rings is 1. The SMILES string of the molecule is O=C(NCC1(O)CCC1)c1ccccc1Oc1cccnc1. The first-order valence-electron chi connectivity index (χ1n) is 7.34. The molecule has 22 heavy (non-hydrogen) atoms. The topological polar surface area (TPSA) is 71.5 Å². The molecule has 1 aliphatic carbocycles. The number of aliphatic hydroxyl groups is 1. The van der Waals surface area contributed by atoms with Gasteiger partial charge < -0.3 is 15.2 Å². The van der Waals surface area contributed by atoms with Crippen LogP contribution < -0.4 is 10.1 Å². The van der Waals surface area contributed by atoms with Crippen molar-refractivity contribution >= 4 is 5.91 Å². The first kappa shape index (κ1) is 14.5. The van der Waals surface area contributed by atoms with E-state index in [0.717, 1.165) is 19.3 Å². The number of rotatable bonds is 5. The van der Waals surface area contributed by atoms with E-state index in [4.69, 9.17) is 4.74 Å². The van der Waals surface area contributed by atoms with Crippen LogP contribution >= 0.6 is 0 Å². The average molecular weight is 298 g/mol. The number of amides is 1. The molecule has 1 fully saturated rings. The highest BCUT2D eigenvalue weighted by atomic mass is 16.5. The number of nitrogens with one attached hydrogen (secondary N) is 1. The molecule has 0 saturated heterocycles. The fourth-order valence-electron chi connectivity index (χ4n) is 2.38. The Hall–Kier alpha value is -2.40. The molecule has 1 aromatic heterocycles. The Labute approximate surface area is 129 Å². The molecule has 5 nitrogen and oxygen atoms in total. The molecule has 0 spiro atoms. The lowest BCUT2D eigenvalue weighted by Crippen LogP contribution is -2.47. The van der Waals surface area contributed by atoms with E-state index in [1.54, 1.807) is 42.7 Å². The number of carbonyl (C=O) groups is 1. The van der Waals surface area contributed by atoms with Crippen LogP contribution in [-0.4, -0.2) is 28.1 Å². The maximum atomic E-state index is 12.3. The lowest BCUT2D eigenvalue weighted by molar-refractivity contribution is -0.0300. The number of benzene rings is 1. The molecule has 2 N–H and O–H groups in total. The van der Waals surface area contributed by atoms with Crippen LogP contribution in [0.25, 0.3) is 0 Å². The molecule has 2 aromatic rings. The van der Waals surface area contributed by atoms with Crippen molar-refractivity contribution in [3.63, 3.8) is 0 Å². The van der Waals surface area contributed by atoms with Gasteiger partial charge in [-0.05, 0) is 43.5 Å². The summed E-state index contributed by atoms with van der Waals surface area (Å²) in [6, 6.07) is 10.6. The van der Waals surface area contributed by atoms with Crippen LogP contribution in [0.2, 0.25) is 0 Å². The molecular weight excluding hydrogens is 280 g/mol. The molecule has 0 bridgehead atoms. The van der Waals surface area contributed by atoms with E-state index in [1.165, 1.54) is 0 Å². The van der Waals surface area contributed by atoms with Crippen LogP contribution in [0.3, 0.4) is 0 Å². The second kappa shape index (κ2) is 6.15. The minimum Gasteiger partial charge on any atom is -0.455 e. The van der Waals surface area contributed by atoms with E-state index < -0.39 is 5.60 Å². The maximum Gasteiger partial charge on any atom is 0.255 e. The highest BCUT2D eigenvalue weighted by Crippen LogP contribution is 2.31. The molecule has 1 saturated carbocycles. The third kappa shape index (κ3) is 3.26. The van der Waals surface area contributed by atoms with E-state index in [2.05, 4.69) is 10.3 Å². The van der Waals surface area contributed by atoms with Gasteiger partial charge in [0.15, 0.2) is 0 Å². The van der Waals surface area contributed by atoms with Crippen LogP contribution in [0.15, 0.2) is 48.8 Å². The van der Waals surface area contributed by atoms with Gasteiger partial charge in [-0.3, -0.25) is 9.78 Å². The lowest BCUT2D eigenvalue weighted by atomic mass is 9.80. The molecule has 1 aromatic carbocycles. The van der Waals surface area contributed by atoms with E-state index in [9.17, 15) is 9.90 Å². The van der Waals surface area contributed by atoms with Gasteiger partial charge in [-0.15, -0.1) is 0 Å². The summed E-state index contributed by atoms with van der Waals surface area (Å²) < 4.78 is 5.72. The van der Waals surface area contributed by atoms with E-state index >= 15 is 0 Å². The zero-order chi connectivity index (χ0) is 15.4. The van der Waals surface area contributed by atoms with Gasteiger partial charge in [0.1, 0.15) is 11.5 Å². The normalized spacial score (nSPS) is 15.7. The fraction of sp³-hybridized carbons (Fsp3) is 0.294. The smallest absolute Gasteiger partial charge is 0.255 e. The fourth-order valence-corrected chi connectivity index (χ4v) is 2.38. The molecule has 0 aliphatic heterocycles. The van der Waals surface area contributed by atoms with Crippen LogP contribution in [-0.2, 0) is 0 Å². The zero-order valence-electron chi connectivity index (χ0n) is 12.2. The lowest BCUT2D eigenvalue weighted by Gasteiger charge is -2.36. The van der Waals surface area contributed by atoms with E-state index in [1.807, 2.05) is 6.07 Å². The van der Waals surface area contributed by atoms with E-state index in [-0.39, 0.29) is 12.5 Å². The Bertz CT molecular complexity index is 654. The highest BCUT2D eigenvalue weighted by Gasteiger charge is 2.34. The number of hydrogen-bond acceptors (Lipinski definition) is 4. The summed E-state index contributed by atoms with van der Waals surface area (Å²) in [7, 11) is 0. The Morgan fingerprint density at radius 2 is 2.09 bits per heavy atom. The van der Waals surface area contributed by atoms with Crippen molar-refractivity contribution in [1.29, 1.82) is 0 Å². The standard InChI is InChI=1S/C17H18N2O3/c20-16(19-12-17(21)8-4-9-17)14-6-1-2-7-15(14)22-13-5-3-10-18-11-13/h1-3,5-7,10-11,21H,4,8-9,12H2,(H,19,20). The minimum atomic E-state index is -0.741. The van der Waals surface area contributed by atoms with Crippen molar-refractivity contribution in [2.75, 3.05) is 6.54 Å². The molecule has 114 valence electrons. The second-order valence-electron chi connectivity index (χ2n) is 5.55. The molecule has 3 rings (SSSR count). The predicted molar refractivity (Wildman–Crippen MR) is 81.9 cm³/mol. The van der Waals surface area contributed by atoms with Gasteiger partial charge in [-0.1, -0.05) is 12.1 Å². The quantitative estimate of drug-likeness (QED) is 0.889. The van der Waals surface area contributed by atoms with Crippen molar-refractivity contribution in [1.82, 2.24) is 10.3 Å². The molecule has 5 heteroatoms. The number of aromatic nitrogens is 1. The number of carbonyl (C=O) groups excluding carboxylic acids is 1. The van der Waals surface area contributed by atoms with Gasteiger partial charge in [0.05, 0.1) is 17.4 Å². The van der Waals surface area contributed by atoms with E-state index in [0.29, 0.717) is 17.1 Å². The van der Waals surface area contributed by atoms with Gasteiger partial charge in [0.25, 0.3) is 5.91 Å². The highest BCUT2D eigenvalue weighted by molar-refractivity contribution is 5.97. The summed E-state index contributed by atoms with van der Waals surface area (Å²) in [5, 5.41) is 12.8. The predicted octanol–water partition coefficient (Wildman–Crippen LogP) is 2.52. The average Bonchev–Trinajstić information content (AvgIpc) is 2.52. The summed E-state index contributed by atoms with van der Waals surface area (Å²) in [4.78, 5) is 16.3. The molecule has 0 atom stereocenters. The van der Waals surface area contributed by atoms with Crippen LogP contribution in [0.1, 0.15) is 29.6 Å². The molecular formula is C17H18N2O3. The van der Waals surface area contributed by atoms with Gasteiger partial charge in [0.2, 0.25) is 0 Å². The summed E-state index contributed by atoms with van der Waals surface area (Å²) >= 11 is 0. The van der Waals surface area contributed by atoms with Gasteiger partial charge in [0, 0.05) is 12.7 Å². The first-order chi connectivity index (χ1) is 10.7. The monoisotopic (exact) mass is 298 g/mol. The van der Waals surface area contributed by atoms with Gasteiger partial charge in [-0.25, -0.2) is 0 Å².